The number of carbonyl (C=O) groups is 1. The molecule has 2 aromatic rings. The minimum Gasteiger partial charge on any atom is -0.356 e. The Bertz CT molecular complexity index is 840. The van der Waals surface area contributed by atoms with Crippen LogP contribution in [0.25, 0.3) is 11.0 Å². The van der Waals surface area contributed by atoms with Gasteiger partial charge in [-0.2, -0.15) is 5.26 Å². The Morgan fingerprint density at radius 3 is 3.28 bits per heavy atom. The number of H-pyrrole nitrogens is 1. The number of likely N-dealkylation sites (tertiary alicyclic amines) is 1. The Morgan fingerprint density at radius 1 is 1.56 bits per heavy atom. The van der Waals surface area contributed by atoms with E-state index in [-0.39, 0.29) is 18.4 Å². The first-order valence-electron chi connectivity index (χ1n) is 8.63. The number of piperidine rings is 1. The molecule has 2 atom stereocenters. The average Bonchev–Trinajstić information content (AvgIpc) is 3.11. The first-order valence-corrected chi connectivity index (χ1v) is 8.63. The van der Waals surface area contributed by atoms with Crippen molar-refractivity contribution >= 4 is 22.6 Å². The van der Waals surface area contributed by atoms with Crippen LogP contribution in [0, 0.1) is 17.2 Å². The zero-order valence-corrected chi connectivity index (χ0v) is 14.2. The molecule has 7 heteroatoms. The van der Waals surface area contributed by atoms with E-state index in [4.69, 9.17) is 10.00 Å². The van der Waals surface area contributed by atoms with Gasteiger partial charge in [-0.05, 0) is 18.4 Å². The lowest BCUT2D eigenvalue weighted by molar-refractivity contribution is -0.131. The number of rotatable bonds is 2. The molecule has 0 aliphatic carbocycles. The third-order valence-corrected chi connectivity index (χ3v) is 5.31. The lowest BCUT2D eigenvalue weighted by Gasteiger charge is -2.45. The van der Waals surface area contributed by atoms with E-state index in [1.54, 1.807) is 0 Å². The third kappa shape index (κ3) is 2.72. The van der Waals surface area contributed by atoms with Crippen LogP contribution in [0.1, 0.15) is 25.3 Å². The van der Waals surface area contributed by atoms with Crippen LogP contribution in [0.5, 0.6) is 0 Å². The summed E-state index contributed by atoms with van der Waals surface area (Å²) in [6.45, 7) is 4.62. The molecule has 1 N–H and O–H groups in total. The number of nitrogens with zero attached hydrogens (tertiary/aromatic N) is 4. The molecule has 2 aliphatic rings. The molecule has 4 rings (SSSR count). The fourth-order valence-electron chi connectivity index (χ4n) is 3.92. The number of anilines is 1. The Labute approximate surface area is 146 Å². The second-order valence-electron chi connectivity index (χ2n) is 6.83. The second-order valence-corrected chi connectivity index (χ2v) is 6.83. The van der Waals surface area contributed by atoms with Gasteiger partial charge in [-0.15, -0.1) is 0 Å². The molecule has 0 radical (unpaired) electrons. The Balaban J connectivity index is 1.69. The molecular weight excluding hydrogens is 318 g/mol. The summed E-state index contributed by atoms with van der Waals surface area (Å²) in [6, 6.07) is 4.17. The second kappa shape index (κ2) is 6.37. The highest BCUT2D eigenvalue weighted by Crippen LogP contribution is 2.37. The van der Waals surface area contributed by atoms with Gasteiger partial charge in [-0.3, -0.25) is 4.79 Å². The summed E-state index contributed by atoms with van der Waals surface area (Å²) in [6.07, 6.45) is 4.64. The SMILES string of the molecule is C[C@@H]1CCN(C(=O)CC#N)C[C@@H]1N1COCc2cnc3[nH]ccc3c21. The number of hydrogen-bond acceptors (Lipinski definition) is 5. The van der Waals surface area contributed by atoms with Crippen molar-refractivity contribution in [1.29, 1.82) is 5.26 Å². The highest BCUT2D eigenvalue weighted by atomic mass is 16.5. The van der Waals surface area contributed by atoms with Crippen molar-refractivity contribution in [2.45, 2.75) is 32.4 Å². The van der Waals surface area contributed by atoms with E-state index in [2.05, 4.69) is 21.8 Å². The van der Waals surface area contributed by atoms with Crippen molar-refractivity contribution in [3.05, 3.63) is 24.0 Å². The standard InChI is InChI=1S/C18H21N5O2/c1-12-4-7-22(16(24)2-5-19)9-15(12)23-11-25-10-13-8-21-18-14(17(13)23)3-6-20-18/h3,6,8,12,15H,2,4,7,9-11H2,1H3,(H,20,21)/t12-,15+/m1/s1. The molecule has 2 aromatic heterocycles. The van der Waals surface area contributed by atoms with E-state index in [0.717, 1.165) is 35.2 Å². The number of hydrogen-bond donors (Lipinski definition) is 1. The largest absolute Gasteiger partial charge is 0.356 e. The summed E-state index contributed by atoms with van der Waals surface area (Å²) in [7, 11) is 0. The summed E-state index contributed by atoms with van der Waals surface area (Å²) in [5.74, 6) is 0.349. The minimum atomic E-state index is -0.0842. The predicted molar refractivity (Wildman–Crippen MR) is 92.6 cm³/mol. The summed E-state index contributed by atoms with van der Waals surface area (Å²) in [4.78, 5) is 23.9. The zero-order chi connectivity index (χ0) is 17.4. The van der Waals surface area contributed by atoms with Crippen LogP contribution in [0.2, 0.25) is 0 Å². The number of ether oxygens (including phenoxy) is 1. The van der Waals surface area contributed by atoms with Crippen LogP contribution in [0.3, 0.4) is 0 Å². The van der Waals surface area contributed by atoms with Crippen LogP contribution >= 0.6 is 0 Å². The van der Waals surface area contributed by atoms with Crippen molar-refractivity contribution in [3.63, 3.8) is 0 Å². The molecule has 2 aliphatic heterocycles. The zero-order valence-electron chi connectivity index (χ0n) is 14.2. The summed E-state index contributed by atoms with van der Waals surface area (Å²) in [5, 5.41) is 9.91. The van der Waals surface area contributed by atoms with E-state index in [1.807, 2.05) is 29.4 Å². The number of aromatic nitrogens is 2. The molecule has 25 heavy (non-hydrogen) atoms. The molecule has 0 spiro atoms. The molecule has 1 saturated heterocycles. The summed E-state index contributed by atoms with van der Waals surface area (Å²) < 4.78 is 5.80. The van der Waals surface area contributed by atoms with Crippen molar-refractivity contribution in [3.8, 4) is 6.07 Å². The summed E-state index contributed by atoms with van der Waals surface area (Å²) >= 11 is 0. The van der Waals surface area contributed by atoms with E-state index in [0.29, 0.717) is 25.8 Å². The smallest absolute Gasteiger partial charge is 0.236 e. The predicted octanol–water partition coefficient (Wildman–Crippen LogP) is 2.01. The lowest BCUT2D eigenvalue weighted by atomic mass is 9.91. The van der Waals surface area contributed by atoms with Crippen molar-refractivity contribution < 1.29 is 9.53 Å². The van der Waals surface area contributed by atoms with Crippen molar-refractivity contribution in [2.24, 2.45) is 5.92 Å². The minimum absolute atomic E-state index is 0.0554. The molecule has 0 aromatic carbocycles. The van der Waals surface area contributed by atoms with Crippen LogP contribution in [-0.4, -0.2) is 46.6 Å². The number of aromatic amines is 1. The fraction of sp³-hybridized carbons (Fsp3) is 0.500. The molecule has 0 unspecified atom stereocenters. The van der Waals surface area contributed by atoms with Gasteiger partial charge in [-0.25, -0.2) is 4.98 Å². The van der Waals surface area contributed by atoms with Gasteiger partial charge in [0.1, 0.15) is 18.8 Å². The Morgan fingerprint density at radius 2 is 2.44 bits per heavy atom. The lowest BCUT2D eigenvalue weighted by Crippen LogP contribution is -2.55. The maximum atomic E-state index is 12.2. The molecule has 7 nitrogen and oxygen atoms in total. The topological polar surface area (TPSA) is 85.2 Å². The molecule has 4 heterocycles. The quantitative estimate of drug-likeness (QED) is 0.904. The Hall–Kier alpha value is -2.59. The van der Waals surface area contributed by atoms with Gasteiger partial charge in [0.15, 0.2) is 0 Å². The van der Waals surface area contributed by atoms with Crippen molar-refractivity contribution in [2.75, 3.05) is 24.7 Å². The number of carbonyl (C=O) groups excluding carboxylic acids is 1. The normalized spacial score (nSPS) is 23.4. The van der Waals surface area contributed by atoms with Crippen LogP contribution in [0.15, 0.2) is 18.5 Å². The fourth-order valence-corrected chi connectivity index (χ4v) is 3.92. The van der Waals surface area contributed by atoms with Crippen LogP contribution in [0.4, 0.5) is 5.69 Å². The number of pyridine rings is 1. The number of fused-ring (bicyclic) bond motifs is 3. The third-order valence-electron chi connectivity index (χ3n) is 5.31. The van der Waals surface area contributed by atoms with E-state index in [1.165, 1.54) is 0 Å². The number of nitriles is 1. The van der Waals surface area contributed by atoms with Gasteiger partial charge in [0.05, 0.1) is 24.4 Å². The monoisotopic (exact) mass is 339 g/mol. The van der Waals surface area contributed by atoms with E-state index >= 15 is 0 Å². The molecular formula is C18H21N5O2. The van der Waals surface area contributed by atoms with Gasteiger partial charge >= 0.3 is 0 Å². The highest BCUT2D eigenvalue weighted by molar-refractivity contribution is 5.92. The molecule has 0 bridgehead atoms. The maximum absolute atomic E-state index is 12.2. The maximum Gasteiger partial charge on any atom is 0.236 e. The summed E-state index contributed by atoms with van der Waals surface area (Å²) in [5.41, 5.74) is 3.10. The number of amides is 1. The van der Waals surface area contributed by atoms with Gasteiger partial charge in [0, 0.05) is 36.4 Å². The molecule has 130 valence electrons. The molecule has 1 fully saturated rings. The first-order chi connectivity index (χ1) is 12.2. The first kappa shape index (κ1) is 15.9. The van der Waals surface area contributed by atoms with E-state index in [9.17, 15) is 4.79 Å². The van der Waals surface area contributed by atoms with Crippen molar-refractivity contribution in [1.82, 2.24) is 14.9 Å². The highest BCUT2D eigenvalue weighted by Gasteiger charge is 2.36. The average molecular weight is 339 g/mol. The number of nitrogens with one attached hydrogen (secondary N) is 1. The molecule has 0 saturated carbocycles. The Kier molecular flexibility index (Phi) is 4.06. The van der Waals surface area contributed by atoms with E-state index < -0.39 is 0 Å². The van der Waals surface area contributed by atoms with Gasteiger partial charge < -0.3 is 19.5 Å². The van der Waals surface area contributed by atoms with Crippen LogP contribution < -0.4 is 4.90 Å². The van der Waals surface area contributed by atoms with Gasteiger partial charge in [0.25, 0.3) is 0 Å². The van der Waals surface area contributed by atoms with Gasteiger partial charge in [0.2, 0.25) is 5.91 Å². The van der Waals surface area contributed by atoms with Crippen LogP contribution in [-0.2, 0) is 16.1 Å². The molecule has 1 amide bonds. The van der Waals surface area contributed by atoms with Gasteiger partial charge in [-0.1, -0.05) is 6.92 Å².